The zero-order valence-electron chi connectivity index (χ0n) is 15.0. The van der Waals surface area contributed by atoms with E-state index in [1.807, 2.05) is 10.9 Å². The van der Waals surface area contributed by atoms with Gasteiger partial charge in [-0.25, -0.2) is 0 Å². The fourth-order valence-electron chi connectivity index (χ4n) is 2.79. The minimum atomic E-state index is 0.0555. The maximum Gasteiger partial charge on any atom is 0.0543 e. The molecule has 1 rings (SSSR count). The van der Waals surface area contributed by atoms with Crippen LogP contribution in [0, 0.1) is 5.92 Å². The van der Waals surface area contributed by atoms with Crippen LogP contribution in [-0.4, -0.2) is 41.4 Å². The van der Waals surface area contributed by atoms with Crippen molar-refractivity contribution in [2.75, 3.05) is 20.6 Å². The van der Waals surface area contributed by atoms with E-state index in [1.165, 1.54) is 18.4 Å². The Morgan fingerprint density at radius 3 is 2.29 bits per heavy atom. The Kier molecular flexibility index (Phi) is 6.88. The molecule has 0 bridgehead atoms. The van der Waals surface area contributed by atoms with E-state index in [-0.39, 0.29) is 5.54 Å². The van der Waals surface area contributed by atoms with Crippen molar-refractivity contribution in [2.45, 2.75) is 65.6 Å². The molecular formula is C17H34N4. The summed E-state index contributed by atoms with van der Waals surface area (Å²) in [6.45, 7) is 13.0. The van der Waals surface area contributed by atoms with Gasteiger partial charge in [0.1, 0.15) is 0 Å². The molecule has 4 heteroatoms. The van der Waals surface area contributed by atoms with Gasteiger partial charge in [0.15, 0.2) is 0 Å². The van der Waals surface area contributed by atoms with Crippen LogP contribution in [0.2, 0.25) is 0 Å². The molecule has 1 aromatic rings. The molecule has 0 amide bonds. The lowest BCUT2D eigenvalue weighted by Gasteiger charge is -2.31. The molecule has 0 radical (unpaired) electrons. The Morgan fingerprint density at radius 2 is 1.86 bits per heavy atom. The molecule has 0 saturated carbocycles. The summed E-state index contributed by atoms with van der Waals surface area (Å²) in [7, 11) is 4.37. The third-order valence-electron chi connectivity index (χ3n) is 4.26. The Labute approximate surface area is 130 Å². The number of nitrogens with one attached hydrogen (secondary N) is 1. The van der Waals surface area contributed by atoms with E-state index in [0.29, 0.717) is 6.04 Å². The average molecular weight is 294 g/mol. The van der Waals surface area contributed by atoms with E-state index in [0.717, 1.165) is 19.0 Å². The highest BCUT2D eigenvalue weighted by atomic mass is 15.3. The molecule has 0 aromatic carbocycles. The summed E-state index contributed by atoms with van der Waals surface area (Å²) in [5.41, 5.74) is 1.31. The Hall–Kier alpha value is -0.870. The Morgan fingerprint density at radius 1 is 1.24 bits per heavy atom. The number of nitrogens with zero attached hydrogens (tertiary/aromatic N) is 3. The molecule has 122 valence electrons. The summed E-state index contributed by atoms with van der Waals surface area (Å²) < 4.78 is 2.04. The maximum absolute atomic E-state index is 4.45. The SMILES string of the molecule is CCC(CC)C(CNCc1cnn(C(C)(C)C)c1)N(C)C. The number of rotatable bonds is 8. The highest BCUT2D eigenvalue weighted by molar-refractivity contribution is 5.05. The van der Waals surface area contributed by atoms with Crippen molar-refractivity contribution < 1.29 is 0 Å². The lowest BCUT2D eigenvalue weighted by Crippen LogP contribution is -2.42. The van der Waals surface area contributed by atoms with Gasteiger partial charge in [-0.2, -0.15) is 5.10 Å². The van der Waals surface area contributed by atoms with Crippen LogP contribution in [0.15, 0.2) is 12.4 Å². The van der Waals surface area contributed by atoms with Gasteiger partial charge in [-0.05, 0) is 40.8 Å². The summed E-state index contributed by atoms with van der Waals surface area (Å²) in [6, 6.07) is 0.595. The van der Waals surface area contributed by atoms with Crippen molar-refractivity contribution in [3.63, 3.8) is 0 Å². The van der Waals surface area contributed by atoms with Gasteiger partial charge < -0.3 is 10.2 Å². The molecule has 0 aliphatic carbocycles. The molecule has 0 fully saturated rings. The van der Waals surface area contributed by atoms with Crippen molar-refractivity contribution >= 4 is 0 Å². The molecule has 0 aliphatic heterocycles. The van der Waals surface area contributed by atoms with Crippen molar-refractivity contribution in [2.24, 2.45) is 5.92 Å². The first-order valence-corrected chi connectivity index (χ1v) is 8.20. The Bertz CT molecular complexity index is 399. The van der Waals surface area contributed by atoms with Gasteiger partial charge in [-0.3, -0.25) is 4.68 Å². The number of hydrogen-bond donors (Lipinski definition) is 1. The van der Waals surface area contributed by atoms with Crippen LogP contribution in [0.4, 0.5) is 0 Å². The van der Waals surface area contributed by atoms with E-state index in [9.17, 15) is 0 Å². The first kappa shape index (κ1) is 18.2. The lowest BCUT2D eigenvalue weighted by atomic mass is 9.93. The maximum atomic E-state index is 4.45. The van der Waals surface area contributed by atoms with Gasteiger partial charge in [0.25, 0.3) is 0 Å². The number of hydrogen-bond acceptors (Lipinski definition) is 3. The normalized spacial score (nSPS) is 14.1. The standard InChI is InChI=1S/C17H34N4/c1-8-15(9-2)16(20(6)7)12-18-10-14-11-19-21(13-14)17(3,4)5/h11,13,15-16,18H,8-10,12H2,1-7H3. The second kappa shape index (κ2) is 7.95. The molecule has 1 N–H and O–H groups in total. The van der Waals surface area contributed by atoms with E-state index in [4.69, 9.17) is 0 Å². The van der Waals surface area contributed by atoms with Crippen molar-refractivity contribution in [3.8, 4) is 0 Å². The predicted molar refractivity (Wildman–Crippen MR) is 90.5 cm³/mol. The molecule has 0 aliphatic rings. The second-order valence-electron chi connectivity index (χ2n) is 7.20. The summed E-state index contributed by atoms with van der Waals surface area (Å²) in [6.07, 6.45) is 6.60. The number of likely N-dealkylation sites (N-methyl/N-ethyl adjacent to an activating group) is 1. The summed E-state index contributed by atoms with van der Waals surface area (Å²) in [5.74, 6) is 0.754. The molecule has 1 aromatic heterocycles. The van der Waals surface area contributed by atoms with Crippen LogP contribution in [0.1, 0.15) is 53.0 Å². The first-order valence-electron chi connectivity index (χ1n) is 8.20. The average Bonchev–Trinajstić information content (AvgIpc) is 2.86. The third-order valence-corrected chi connectivity index (χ3v) is 4.26. The Balaban J connectivity index is 2.52. The van der Waals surface area contributed by atoms with Crippen molar-refractivity contribution in [1.82, 2.24) is 20.0 Å². The summed E-state index contributed by atoms with van der Waals surface area (Å²) >= 11 is 0. The fourth-order valence-corrected chi connectivity index (χ4v) is 2.79. The third kappa shape index (κ3) is 5.44. The molecule has 0 spiro atoms. The molecule has 4 nitrogen and oxygen atoms in total. The zero-order valence-corrected chi connectivity index (χ0v) is 15.0. The van der Waals surface area contributed by atoms with Gasteiger partial charge in [0, 0.05) is 30.9 Å². The van der Waals surface area contributed by atoms with Crippen LogP contribution in [0.3, 0.4) is 0 Å². The summed E-state index contributed by atoms with van der Waals surface area (Å²) in [4.78, 5) is 2.35. The highest BCUT2D eigenvalue weighted by Crippen LogP contribution is 2.17. The van der Waals surface area contributed by atoms with Gasteiger partial charge in [0.2, 0.25) is 0 Å². The van der Waals surface area contributed by atoms with Gasteiger partial charge in [-0.15, -0.1) is 0 Å². The minimum Gasteiger partial charge on any atom is -0.311 e. The van der Waals surface area contributed by atoms with Crippen LogP contribution in [-0.2, 0) is 12.1 Å². The molecule has 1 heterocycles. The van der Waals surface area contributed by atoms with Crippen LogP contribution in [0.5, 0.6) is 0 Å². The molecule has 21 heavy (non-hydrogen) atoms. The van der Waals surface area contributed by atoms with E-state index >= 15 is 0 Å². The number of aromatic nitrogens is 2. The molecule has 1 atom stereocenters. The highest BCUT2D eigenvalue weighted by Gasteiger charge is 2.20. The lowest BCUT2D eigenvalue weighted by molar-refractivity contribution is 0.194. The van der Waals surface area contributed by atoms with E-state index in [1.54, 1.807) is 0 Å². The molecule has 0 saturated heterocycles. The smallest absolute Gasteiger partial charge is 0.0543 e. The fraction of sp³-hybridized carbons (Fsp3) is 0.824. The monoisotopic (exact) mass is 294 g/mol. The topological polar surface area (TPSA) is 33.1 Å². The zero-order chi connectivity index (χ0) is 16.0. The predicted octanol–water partition coefficient (Wildman–Crippen LogP) is 3.09. The van der Waals surface area contributed by atoms with Crippen molar-refractivity contribution in [3.05, 3.63) is 18.0 Å². The van der Waals surface area contributed by atoms with Crippen LogP contribution >= 0.6 is 0 Å². The van der Waals surface area contributed by atoms with E-state index < -0.39 is 0 Å². The van der Waals surface area contributed by atoms with E-state index in [2.05, 4.69) is 70.2 Å². The second-order valence-corrected chi connectivity index (χ2v) is 7.20. The van der Waals surface area contributed by atoms with Gasteiger partial charge in [0.05, 0.1) is 11.7 Å². The van der Waals surface area contributed by atoms with Crippen molar-refractivity contribution in [1.29, 1.82) is 0 Å². The largest absolute Gasteiger partial charge is 0.311 e. The van der Waals surface area contributed by atoms with Crippen LogP contribution < -0.4 is 5.32 Å². The molecule has 1 unspecified atom stereocenters. The van der Waals surface area contributed by atoms with Gasteiger partial charge in [-0.1, -0.05) is 26.7 Å². The minimum absolute atomic E-state index is 0.0555. The first-order chi connectivity index (χ1) is 9.79. The van der Waals surface area contributed by atoms with Gasteiger partial charge >= 0.3 is 0 Å². The van der Waals surface area contributed by atoms with Crippen LogP contribution in [0.25, 0.3) is 0 Å². The quantitative estimate of drug-likeness (QED) is 0.800. The molecular weight excluding hydrogens is 260 g/mol. The summed E-state index contributed by atoms with van der Waals surface area (Å²) in [5, 5.41) is 8.06.